The SMILES string of the molecule is CC(=O)OCC1OC=CC(n2cc(-c3nc(Cl)cs3)nn2)[C@H]1OC(C)=O. The molecule has 0 N–H and O–H groups in total. The zero-order valence-corrected chi connectivity index (χ0v) is 15.4. The third-order valence-electron chi connectivity index (χ3n) is 3.50. The Bertz CT molecular complexity index is 836. The van der Waals surface area contributed by atoms with Gasteiger partial charge in [-0.15, -0.1) is 16.4 Å². The molecule has 1 aliphatic rings. The molecule has 26 heavy (non-hydrogen) atoms. The van der Waals surface area contributed by atoms with Gasteiger partial charge < -0.3 is 14.2 Å². The molecular weight excluding hydrogens is 384 g/mol. The number of ether oxygens (including phenoxy) is 3. The van der Waals surface area contributed by atoms with Crippen molar-refractivity contribution in [2.75, 3.05) is 6.61 Å². The summed E-state index contributed by atoms with van der Waals surface area (Å²) in [7, 11) is 0. The van der Waals surface area contributed by atoms with Crippen LogP contribution in [0.5, 0.6) is 0 Å². The summed E-state index contributed by atoms with van der Waals surface area (Å²) in [5.41, 5.74) is 0.542. The smallest absolute Gasteiger partial charge is 0.303 e. The van der Waals surface area contributed by atoms with Crippen LogP contribution in [0.4, 0.5) is 0 Å². The van der Waals surface area contributed by atoms with Gasteiger partial charge in [0.1, 0.15) is 28.5 Å². The highest BCUT2D eigenvalue weighted by molar-refractivity contribution is 7.13. The van der Waals surface area contributed by atoms with Crippen LogP contribution in [0.2, 0.25) is 5.15 Å². The quantitative estimate of drug-likeness (QED) is 0.704. The zero-order valence-electron chi connectivity index (χ0n) is 13.9. The lowest BCUT2D eigenvalue weighted by molar-refractivity contribution is -0.163. The van der Waals surface area contributed by atoms with Gasteiger partial charge in [0.25, 0.3) is 0 Å². The van der Waals surface area contributed by atoms with Crippen LogP contribution in [0.1, 0.15) is 19.9 Å². The lowest BCUT2D eigenvalue weighted by atomic mass is 10.0. The number of thiazole rings is 1. The molecular formula is C15H15ClN4O5S. The molecule has 138 valence electrons. The van der Waals surface area contributed by atoms with Crippen LogP contribution in [0, 0.1) is 0 Å². The van der Waals surface area contributed by atoms with Crippen molar-refractivity contribution >= 4 is 34.9 Å². The van der Waals surface area contributed by atoms with E-state index in [1.54, 1.807) is 17.7 Å². The minimum absolute atomic E-state index is 0.0578. The topological polar surface area (TPSA) is 105 Å². The van der Waals surface area contributed by atoms with Gasteiger partial charge in [-0.1, -0.05) is 16.8 Å². The number of carbonyl (C=O) groups is 2. The summed E-state index contributed by atoms with van der Waals surface area (Å²) in [6.07, 6.45) is 3.41. The number of nitrogens with zero attached hydrogens (tertiary/aromatic N) is 4. The maximum absolute atomic E-state index is 11.5. The molecule has 0 saturated heterocycles. The summed E-state index contributed by atoms with van der Waals surface area (Å²) < 4.78 is 17.4. The number of hydrogen-bond donors (Lipinski definition) is 0. The van der Waals surface area contributed by atoms with Crippen molar-refractivity contribution in [3.8, 4) is 10.7 Å². The fraction of sp³-hybridized carbons (Fsp3) is 0.400. The summed E-state index contributed by atoms with van der Waals surface area (Å²) in [4.78, 5) is 26.8. The molecule has 1 aliphatic heterocycles. The van der Waals surface area contributed by atoms with Crippen LogP contribution in [-0.2, 0) is 23.8 Å². The second-order valence-electron chi connectivity index (χ2n) is 5.43. The van der Waals surface area contributed by atoms with Crippen molar-refractivity contribution in [1.29, 1.82) is 0 Å². The van der Waals surface area contributed by atoms with Gasteiger partial charge in [0.05, 0.1) is 12.5 Å². The molecule has 0 saturated carbocycles. The second-order valence-corrected chi connectivity index (χ2v) is 6.67. The molecule has 0 spiro atoms. The molecule has 3 rings (SSSR count). The van der Waals surface area contributed by atoms with Gasteiger partial charge in [-0.2, -0.15) is 0 Å². The maximum atomic E-state index is 11.5. The van der Waals surface area contributed by atoms with Crippen LogP contribution in [0.25, 0.3) is 10.7 Å². The molecule has 0 aromatic carbocycles. The molecule has 9 nitrogen and oxygen atoms in total. The molecule has 0 bridgehead atoms. The normalized spacial score (nSPS) is 21.9. The van der Waals surface area contributed by atoms with Crippen LogP contribution >= 0.6 is 22.9 Å². The van der Waals surface area contributed by atoms with Crippen molar-refractivity contribution in [3.63, 3.8) is 0 Å². The largest absolute Gasteiger partial charge is 0.491 e. The highest BCUT2D eigenvalue weighted by Crippen LogP contribution is 2.29. The van der Waals surface area contributed by atoms with Crippen LogP contribution in [0.3, 0.4) is 0 Å². The van der Waals surface area contributed by atoms with Gasteiger partial charge in [0.2, 0.25) is 0 Å². The molecule has 2 aromatic rings. The molecule has 0 fully saturated rings. The van der Waals surface area contributed by atoms with Crippen LogP contribution in [-0.4, -0.2) is 50.7 Å². The maximum Gasteiger partial charge on any atom is 0.303 e. The molecule has 3 heterocycles. The van der Waals surface area contributed by atoms with Gasteiger partial charge in [0, 0.05) is 19.2 Å². The zero-order chi connectivity index (χ0) is 18.7. The van der Waals surface area contributed by atoms with E-state index in [0.29, 0.717) is 15.9 Å². The minimum Gasteiger partial charge on any atom is -0.491 e. The standard InChI is InChI=1S/C15H15ClN4O5S/c1-8(21)24-6-12-14(25-9(2)22)11(3-4-23-12)20-5-10(18-19-20)15-17-13(16)7-26-15/h3-5,7,11-12,14H,6H2,1-2H3/t11?,12?,14-/m1/s1. The molecule has 0 radical (unpaired) electrons. The first kappa shape index (κ1) is 18.3. The molecule has 0 aliphatic carbocycles. The number of esters is 2. The van der Waals surface area contributed by atoms with Gasteiger partial charge >= 0.3 is 11.9 Å². The Hall–Kier alpha value is -2.46. The minimum atomic E-state index is -0.744. The third kappa shape index (κ3) is 4.20. The van der Waals surface area contributed by atoms with E-state index in [-0.39, 0.29) is 6.61 Å². The monoisotopic (exact) mass is 398 g/mol. The number of rotatable bonds is 5. The first-order valence-electron chi connectivity index (χ1n) is 7.60. The predicted molar refractivity (Wildman–Crippen MR) is 91.4 cm³/mol. The van der Waals surface area contributed by atoms with E-state index in [4.69, 9.17) is 25.8 Å². The van der Waals surface area contributed by atoms with E-state index in [2.05, 4.69) is 15.3 Å². The van der Waals surface area contributed by atoms with E-state index in [9.17, 15) is 9.59 Å². The Labute approximate surface area is 157 Å². The lowest BCUT2D eigenvalue weighted by Crippen LogP contribution is -2.44. The average Bonchev–Trinajstić information content (AvgIpc) is 3.22. The summed E-state index contributed by atoms with van der Waals surface area (Å²) in [5.74, 6) is -0.941. The van der Waals surface area contributed by atoms with E-state index >= 15 is 0 Å². The summed E-state index contributed by atoms with van der Waals surface area (Å²) >= 11 is 7.18. The fourth-order valence-electron chi connectivity index (χ4n) is 2.44. The van der Waals surface area contributed by atoms with Gasteiger partial charge in [-0.25, -0.2) is 9.67 Å². The number of hydrogen-bond acceptors (Lipinski definition) is 9. The Kier molecular flexibility index (Phi) is 5.52. The van der Waals surface area contributed by atoms with Gasteiger partial charge in [-0.05, 0) is 6.08 Å². The first-order chi connectivity index (χ1) is 12.4. The molecule has 3 atom stereocenters. The predicted octanol–water partition coefficient (Wildman–Crippen LogP) is 2.00. The molecule has 0 amide bonds. The van der Waals surface area contributed by atoms with Crippen molar-refractivity contribution in [3.05, 3.63) is 29.1 Å². The molecule has 11 heteroatoms. The van der Waals surface area contributed by atoms with Crippen molar-refractivity contribution in [1.82, 2.24) is 20.0 Å². The van der Waals surface area contributed by atoms with Gasteiger partial charge in [-0.3, -0.25) is 9.59 Å². The first-order valence-corrected chi connectivity index (χ1v) is 8.85. The van der Waals surface area contributed by atoms with Crippen LogP contribution in [0.15, 0.2) is 23.9 Å². The van der Waals surface area contributed by atoms with Crippen LogP contribution < -0.4 is 0 Å². The summed E-state index contributed by atoms with van der Waals surface area (Å²) in [6.45, 7) is 2.53. The summed E-state index contributed by atoms with van der Waals surface area (Å²) in [6, 6.07) is -0.482. The summed E-state index contributed by atoms with van der Waals surface area (Å²) in [5, 5.41) is 10.9. The van der Waals surface area contributed by atoms with Crippen molar-refractivity contribution in [2.45, 2.75) is 32.1 Å². The molecule has 2 aromatic heterocycles. The van der Waals surface area contributed by atoms with E-state index < -0.39 is 30.2 Å². The van der Waals surface area contributed by atoms with Crippen molar-refractivity contribution < 1.29 is 23.8 Å². The Morgan fingerprint density at radius 3 is 2.85 bits per heavy atom. The highest BCUT2D eigenvalue weighted by atomic mass is 35.5. The highest BCUT2D eigenvalue weighted by Gasteiger charge is 2.37. The molecule has 2 unspecified atom stereocenters. The third-order valence-corrected chi connectivity index (χ3v) is 4.68. The Balaban J connectivity index is 1.85. The Morgan fingerprint density at radius 2 is 2.19 bits per heavy atom. The number of halogens is 1. The average molecular weight is 399 g/mol. The van der Waals surface area contributed by atoms with Gasteiger partial charge in [0.15, 0.2) is 12.2 Å². The van der Waals surface area contributed by atoms with E-state index in [1.165, 1.54) is 36.1 Å². The fourth-order valence-corrected chi connectivity index (χ4v) is 3.33. The Morgan fingerprint density at radius 1 is 1.38 bits per heavy atom. The number of carbonyl (C=O) groups excluding carboxylic acids is 2. The van der Waals surface area contributed by atoms with Crippen molar-refractivity contribution in [2.24, 2.45) is 0 Å². The van der Waals surface area contributed by atoms with E-state index in [0.717, 1.165) is 0 Å². The lowest BCUT2D eigenvalue weighted by Gasteiger charge is -2.33. The second kappa shape index (κ2) is 7.83. The number of aromatic nitrogens is 4. The van der Waals surface area contributed by atoms with E-state index in [1.807, 2.05) is 0 Å².